The monoisotopic (exact) mass is 206 g/mol. The minimum Gasteiger partial charge on any atom is -0.465 e. The van der Waals surface area contributed by atoms with E-state index in [-0.39, 0.29) is 16.7 Å². The average Bonchev–Trinajstić information content (AvgIpc) is 1.88. The van der Waals surface area contributed by atoms with Gasteiger partial charge in [0.15, 0.2) is 0 Å². The second-order valence-corrected chi connectivity index (χ2v) is 4.04. The zero-order valence-electron chi connectivity index (χ0n) is 5.97. The van der Waals surface area contributed by atoms with E-state index in [9.17, 15) is 4.79 Å². The molecule has 1 aliphatic rings. The number of hydrogen-bond donors (Lipinski definition) is 0. The number of esters is 1. The third-order valence-corrected chi connectivity index (χ3v) is 2.40. The molecule has 0 N–H and O–H groups in total. The molecule has 0 bridgehead atoms. The van der Waals surface area contributed by atoms with Crippen molar-refractivity contribution in [1.82, 2.24) is 0 Å². The molecule has 1 rings (SSSR count). The highest BCUT2D eigenvalue weighted by atomic mass is 79.9. The van der Waals surface area contributed by atoms with Gasteiger partial charge in [-0.1, -0.05) is 22.9 Å². The van der Waals surface area contributed by atoms with Crippen LogP contribution in [0.1, 0.15) is 19.8 Å². The molecule has 2 nitrogen and oxygen atoms in total. The normalized spacial score (nSPS) is 29.4. The van der Waals surface area contributed by atoms with Crippen molar-refractivity contribution in [3.05, 3.63) is 0 Å². The summed E-state index contributed by atoms with van der Waals surface area (Å²) in [7, 11) is 0. The van der Waals surface area contributed by atoms with Crippen molar-refractivity contribution in [3.63, 3.8) is 0 Å². The van der Waals surface area contributed by atoms with Gasteiger partial charge in [-0.3, -0.25) is 4.79 Å². The van der Waals surface area contributed by atoms with Crippen molar-refractivity contribution in [2.75, 3.05) is 6.61 Å². The van der Waals surface area contributed by atoms with Crippen molar-refractivity contribution in [2.45, 2.75) is 24.6 Å². The molecule has 2 unspecified atom stereocenters. The number of carbonyl (C=O) groups is 1. The predicted octanol–water partition coefficient (Wildman–Crippen LogP) is 1.72. The van der Waals surface area contributed by atoms with Crippen LogP contribution in [0.4, 0.5) is 0 Å². The quantitative estimate of drug-likeness (QED) is 0.483. The van der Waals surface area contributed by atoms with E-state index in [1.54, 1.807) is 0 Å². The Kier molecular flexibility index (Phi) is 2.72. The highest BCUT2D eigenvalue weighted by Gasteiger charge is 2.27. The van der Waals surface area contributed by atoms with E-state index in [2.05, 4.69) is 15.9 Å². The molecule has 1 saturated heterocycles. The number of hydrogen-bond acceptors (Lipinski definition) is 2. The van der Waals surface area contributed by atoms with E-state index in [0.717, 1.165) is 12.8 Å². The lowest BCUT2D eigenvalue weighted by molar-refractivity contribution is -0.152. The topological polar surface area (TPSA) is 26.3 Å². The standard InChI is InChI=1S/C7H11BrO2/c1-5(8)6-3-2-4-10-7(6)9/h5-6H,2-4H2,1H3. The highest BCUT2D eigenvalue weighted by molar-refractivity contribution is 9.09. The Balaban J connectivity index is 2.48. The summed E-state index contributed by atoms with van der Waals surface area (Å²) < 4.78 is 4.88. The first-order valence-corrected chi connectivity index (χ1v) is 4.44. The molecule has 0 aliphatic carbocycles. The summed E-state index contributed by atoms with van der Waals surface area (Å²) in [5.41, 5.74) is 0. The van der Waals surface area contributed by atoms with E-state index in [1.807, 2.05) is 6.92 Å². The number of ether oxygens (including phenoxy) is 1. The lowest BCUT2D eigenvalue weighted by Gasteiger charge is -2.22. The van der Waals surface area contributed by atoms with Crippen molar-refractivity contribution >= 4 is 21.9 Å². The summed E-state index contributed by atoms with van der Waals surface area (Å²) in [6, 6.07) is 0. The van der Waals surface area contributed by atoms with Gasteiger partial charge in [0.05, 0.1) is 12.5 Å². The molecule has 0 radical (unpaired) electrons. The number of alkyl halides is 1. The van der Waals surface area contributed by atoms with E-state index >= 15 is 0 Å². The molecule has 1 heterocycles. The minimum absolute atomic E-state index is 0.0457. The van der Waals surface area contributed by atoms with Gasteiger partial charge in [0, 0.05) is 4.83 Å². The lowest BCUT2D eigenvalue weighted by atomic mass is 9.99. The largest absolute Gasteiger partial charge is 0.465 e. The first kappa shape index (κ1) is 8.05. The molecule has 0 aromatic heterocycles. The number of halogens is 1. The summed E-state index contributed by atoms with van der Waals surface area (Å²) in [5, 5.41) is 0. The molecule has 58 valence electrons. The maximum atomic E-state index is 11.0. The van der Waals surface area contributed by atoms with Crippen molar-refractivity contribution in [2.24, 2.45) is 5.92 Å². The van der Waals surface area contributed by atoms with E-state index in [1.165, 1.54) is 0 Å². The van der Waals surface area contributed by atoms with Gasteiger partial charge >= 0.3 is 5.97 Å². The predicted molar refractivity (Wildman–Crippen MR) is 42.1 cm³/mol. The fourth-order valence-corrected chi connectivity index (χ4v) is 1.60. The molecule has 1 fully saturated rings. The lowest BCUT2D eigenvalue weighted by Crippen LogP contribution is -2.29. The number of cyclic esters (lactones) is 1. The molecule has 0 aromatic rings. The molecule has 0 saturated carbocycles. The molecule has 2 atom stereocenters. The second-order valence-electron chi connectivity index (χ2n) is 2.59. The highest BCUT2D eigenvalue weighted by Crippen LogP contribution is 2.23. The Morgan fingerprint density at radius 1 is 1.80 bits per heavy atom. The van der Waals surface area contributed by atoms with Gasteiger partial charge in [-0.2, -0.15) is 0 Å². The van der Waals surface area contributed by atoms with Gasteiger partial charge in [0.2, 0.25) is 0 Å². The van der Waals surface area contributed by atoms with Crippen LogP contribution in [-0.2, 0) is 9.53 Å². The van der Waals surface area contributed by atoms with Gasteiger partial charge in [0.25, 0.3) is 0 Å². The van der Waals surface area contributed by atoms with E-state index < -0.39 is 0 Å². The Morgan fingerprint density at radius 3 is 2.90 bits per heavy atom. The van der Waals surface area contributed by atoms with Crippen LogP contribution in [0.2, 0.25) is 0 Å². The Labute approximate surface area is 69.1 Å². The number of carbonyl (C=O) groups excluding carboxylic acids is 1. The molecule has 1 aliphatic heterocycles. The van der Waals surface area contributed by atoms with Crippen LogP contribution in [0.25, 0.3) is 0 Å². The smallest absolute Gasteiger partial charge is 0.310 e. The second kappa shape index (κ2) is 3.37. The summed E-state index contributed by atoms with van der Waals surface area (Å²) >= 11 is 3.38. The third kappa shape index (κ3) is 1.72. The summed E-state index contributed by atoms with van der Waals surface area (Å²) in [6.45, 7) is 2.59. The molecule has 10 heavy (non-hydrogen) atoms. The Morgan fingerprint density at radius 2 is 2.50 bits per heavy atom. The van der Waals surface area contributed by atoms with Gasteiger partial charge in [-0.15, -0.1) is 0 Å². The van der Waals surface area contributed by atoms with Crippen molar-refractivity contribution in [3.8, 4) is 0 Å². The fraction of sp³-hybridized carbons (Fsp3) is 0.857. The molecule has 3 heteroatoms. The van der Waals surface area contributed by atoms with Crippen LogP contribution in [0.3, 0.4) is 0 Å². The van der Waals surface area contributed by atoms with Crippen molar-refractivity contribution in [1.29, 1.82) is 0 Å². The van der Waals surface area contributed by atoms with E-state index in [4.69, 9.17) is 4.74 Å². The summed E-state index contributed by atoms with van der Waals surface area (Å²) in [6.07, 6.45) is 1.97. The Bertz CT molecular complexity index is 134. The first-order chi connectivity index (χ1) is 4.72. The van der Waals surface area contributed by atoms with Crippen LogP contribution in [0, 0.1) is 5.92 Å². The SMILES string of the molecule is CC(Br)C1CCCOC1=O. The third-order valence-electron chi connectivity index (χ3n) is 1.76. The van der Waals surface area contributed by atoms with Crippen LogP contribution in [0.5, 0.6) is 0 Å². The summed E-state index contributed by atoms with van der Waals surface area (Å²) in [4.78, 5) is 11.2. The molecule has 0 spiro atoms. The van der Waals surface area contributed by atoms with Crippen LogP contribution in [-0.4, -0.2) is 17.4 Å². The van der Waals surface area contributed by atoms with Gasteiger partial charge in [0.1, 0.15) is 0 Å². The molecule has 0 aromatic carbocycles. The zero-order chi connectivity index (χ0) is 7.56. The van der Waals surface area contributed by atoms with Gasteiger partial charge in [-0.05, 0) is 12.8 Å². The maximum Gasteiger partial charge on any atom is 0.310 e. The summed E-state index contributed by atoms with van der Waals surface area (Å²) in [5.74, 6) is 0.0318. The Hall–Kier alpha value is -0.0500. The molecular weight excluding hydrogens is 196 g/mol. The first-order valence-electron chi connectivity index (χ1n) is 3.52. The van der Waals surface area contributed by atoms with Crippen LogP contribution >= 0.6 is 15.9 Å². The van der Waals surface area contributed by atoms with E-state index in [0.29, 0.717) is 6.61 Å². The maximum absolute atomic E-state index is 11.0. The zero-order valence-corrected chi connectivity index (χ0v) is 7.56. The molecular formula is C7H11BrO2. The average molecular weight is 207 g/mol. The number of rotatable bonds is 1. The van der Waals surface area contributed by atoms with Gasteiger partial charge < -0.3 is 4.74 Å². The fourth-order valence-electron chi connectivity index (χ4n) is 1.12. The van der Waals surface area contributed by atoms with Gasteiger partial charge in [-0.25, -0.2) is 0 Å². The van der Waals surface area contributed by atoms with Crippen molar-refractivity contribution < 1.29 is 9.53 Å². The molecule has 0 amide bonds. The van der Waals surface area contributed by atoms with Crippen LogP contribution in [0.15, 0.2) is 0 Å². The minimum atomic E-state index is -0.0457. The van der Waals surface area contributed by atoms with Crippen LogP contribution < -0.4 is 0 Å².